The normalized spacial score (nSPS) is 10.6. The van der Waals surface area contributed by atoms with Gasteiger partial charge in [-0.3, -0.25) is 10.1 Å². The molecule has 17 heavy (non-hydrogen) atoms. The zero-order chi connectivity index (χ0) is 13.0. The standard InChI is InChI=1S/C10H15ClN4O2/c1-4-7-13-9(11)8(15(16)17)10(14-7)12-5-6(2)3/h6H,4-5H2,1-3H3,(H,12,13,14). The van der Waals surface area contributed by atoms with E-state index in [2.05, 4.69) is 15.3 Å². The molecule has 0 unspecified atom stereocenters. The van der Waals surface area contributed by atoms with E-state index < -0.39 is 4.92 Å². The van der Waals surface area contributed by atoms with E-state index >= 15 is 0 Å². The number of hydrogen-bond acceptors (Lipinski definition) is 5. The lowest BCUT2D eigenvalue weighted by Gasteiger charge is -2.09. The Morgan fingerprint density at radius 2 is 2.12 bits per heavy atom. The number of hydrogen-bond donors (Lipinski definition) is 1. The van der Waals surface area contributed by atoms with Crippen molar-refractivity contribution in [3.63, 3.8) is 0 Å². The fraction of sp³-hybridized carbons (Fsp3) is 0.600. The lowest BCUT2D eigenvalue weighted by Crippen LogP contribution is -2.13. The first-order chi connectivity index (χ1) is 7.95. The third-order valence-electron chi connectivity index (χ3n) is 2.06. The Kier molecular flexibility index (Phi) is 4.62. The Labute approximate surface area is 105 Å². The number of aromatic nitrogens is 2. The van der Waals surface area contributed by atoms with Gasteiger partial charge in [0.15, 0.2) is 0 Å². The van der Waals surface area contributed by atoms with Gasteiger partial charge in [0.25, 0.3) is 0 Å². The smallest absolute Gasteiger partial charge is 0.348 e. The molecule has 1 aromatic heterocycles. The van der Waals surface area contributed by atoms with E-state index in [1.54, 1.807) is 0 Å². The Hall–Kier alpha value is -1.43. The molecule has 94 valence electrons. The second-order valence-corrected chi connectivity index (χ2v) is 4.37. The molecular weight excluding hydrogens is 244 g/mol. The summed E-state index contributed by atoms with van der Waals surface area (Å²) >= 11 is 5.79. The molecule has 0 aliphatic heterocycles. The molecule has 0 spiro atoms. The van der Waals surface area contributed by atoms with Gasteiger partial charge in [-0.2, -0.15) is 0 Å². The molecule has 1 N–H and O–H groups in total. The molecule has 0 bridgehead atoms. The van der Waals surface area contributed by atoms with Gasteiger partial charge in [-0.1, -0.05) is 32.4 Å². The molecule has 0 saturated carbocycles. The Morgan fingerprint density at radius 3 is 2.59 bits per heavy atom. The molecule has 6 nitrogen and oxygen atoms in total. The van der Waals surface area contributed by atoms with Crippen LogP contribution in [0.5, 0.6) is 0 Å². The van der Waals surface area contributed by atoms with E-state index in [1.165, 1.54) is 0 Å². The summed E-state index contributed by atoms with van der Waals surface area (Å²) in [6.07, 6.45) is 0.577. The largest absolute Gasteiger partial charge is 0.364 e. The summed E-state index contributed by atoms with van der Waals surface area (Å²) in [6, 6.07) is 0. The molecule has 0 aromatic carbocycles. The fourth-order valence-electron chi connectivity index (χ4n) is 1.21. The van der Waals surface area contributed by atoms with Crippen LogP contribution in [0.25, 0.3) is 0 Å². The summed E-state index contributed by atoms with van der Waals surface area (Å²) in [5.41, 5.74) is -0.260. The van der Waals surface area contributed by atoms with Crippen molar-refractivity contribution in [3.05, 3.63) is 21.1 Å². The minimum absolute atomic E-state index is 0.117. The molecule has 0 amide bonds. The molecule has 0 atom stereocenters. The van der Waals surface area contributed by atoms with Crippen LogP contribution >= 0.6 is 11.6 Å². The predicted octanol–water partition coefficient (Wildman–Crippen LogP) is 2.67. The van der Waals surface area contributed by atoms with Gasteiger partial charge in [-0.25, -0.2) is 9.97 Å². The van der Waals surface area contributed by atoms with Crippen LogP contribution in [0.3, 0.4) is 0 Å². The van der Waals surface area contributed by atoms with Crippen molar-refractivity contribution in [2.75, 3.05) is 11.9 Å². The van der Waals surface area contributed by atoms with E-state index in [4.69, 9.17) is 11.6 Å². The molecule has 1 aromatic rings. The molecule has 1 rings (SSSR count). The zero-order valence-electron chi connectivity index (χ0n) is 10.0. The third-order valence-corrected chi connectivity index (χ3v) is 2.33. The minimum Gasteiger partial charge on any atom is -0.364 e. The summed E-state index contributed by atoms with van der Waals surface area (Å²) in [5.74, 6) is 1.04. The number of halogens is 1. The van der Waals surface area contributed by atoms with E-state index in [1.807, 2.05) is 20.8 Å². The van der Waals surface area contributed by atoms with Gasteiger partial charge < -0.3 is 5.32 Å². The number of rotatable bonds is 5. The predicted molar refractivity (Wildman–Crippen MR) is 66.4 cm³/mol. The van der Waals surface area contributed by atoms with Crippen LogP contribution in [0, 0.1) is 16.0 Å². The molecule has 1 heterocycles. The summed E-state index contributed by atoms with van der Waals surface area (Å²) in [5, 5.41) is 13.7. The highest BCUT2D eigenvalue weighted by molar-refractivity contribution is 6.31. The maximum atomic E-state index is 10.9. The van der Waals surface area contributed by atoms with Crippen molar-refractivity contribution in [1.82, 2.24) is 9.97 Å². The number of nitro groups is 1. The first-order valence-corrected chi connectivity index (χ1v) is 5.78. The maximum Gasteiger partial charge on any atom is 0.348 e. The quantitative estimate of drug-likeness (QED) is 0.499. The van der Waals surface area contributed by atoms with Crippen molar-refractivity contribution in [2.45, 2.75) is 27.2 Å². The molecule has 0 aliphatic carbocycles. The average Bonchev–Trinajstić information content (AvgIpc) is 2.24. The van der Waals surface area contributed by atoms with Crippen molar-refractivity contribution < 1.29 is 4.92 Å². The van der Waals surface area contributed by atoms with Gasteiger partial charge >= 0.3 is 5.69 Å². The first kappa shape index (κ1) is 13.6. The fourth-order valence-corrected chi connectivity index (χ4v) is 1.47. The van der Waals surface area contributed by atoms with Crippen LogP contribution in [0.15, 0.2) is 0 Å². The van der Waals surface area contributed by atoms with Crippen LogP contribution in [0.4, 0.5) is 11.5 Å². The molecule has 0 radical (unpaired) electrons. The number of nitrogens with zero attached hydrogens (tertiary/aromatic N) is 3. The summed E-state index contributed by atoms with van der Waals surface area (Å²) < 4.78 is 0. The molecule has 0 saturated heterocycles. The van der Waals surface area contributed by atoms with Crippen LogP contribution in [0.1, 0.15) is 26.6 Å². The second-order valence-electron chi connectivity index (χ2n) is 4.01. The minimum atomic E-state index is -0.565. The number of aryl methyl sites for hydroxylation is 1. The summed E-state index contributed by atoms with van der Waals surface area (Å²) in [4.78, 5) is 18.3. The van der Waals surface area contributed by atoms with Gasteiger partial charge in [-0.15, -0.1) is 0 Å². The van der Waals surface area contributed by atoms with Crippen LogP contribution in [-0.2, 0) is 6.42 Å². The molecule has 0 aliphatic rings. The maximum absolute atomic E-state index is 10.9. The van der Waals surface area contributed by atoms with E-state index in [0.29, 0.717) is 24.7 Å². The van der Waals surface area contributed by atoms with Gasteiger partial charge in [0.1, 0.15) is 5.82 Å². The number of anilines is 1. The Morgan fingerprint density at radius 1 is 1.47 bits per heavy atom. The number of nitrogens with one attached hydrogen (secondary N) is 1. The average molecular weight is 259 g/mol. The monoisotopic (exact) mass is 258 g/mol. The highest BCUT2D eigenvalue weighted by Crippen LogP contribution is 2.29. The summed E-state index contributed by atoms with van der Waals surface area (Å²) in [6.45, 7) is 6.46. The lowest BCUT2D eigenvalue weighted by atomic mass is 10.2. The Bertz CT molecular complexity index is 423. The highest BCUT2D eigenvalue weighted by atomic mass is 35.5. The SMILES string of the molecule is CCc1nc(Cl)c([N+](=O)[O-])c(NCC(C)C)n1. The van der Waals surface area contributed by atoms with Crippen molar-refractivity contribution in [3.8, 4) is 0 Å². The van der Waals surface area contributed by atoms with Crippen LogP contribution in [-0.4, -0.2) is 21.4 Å². The van der Waals surface area contributed by atoms with Gasteiger partial charge in [-0.05, 0) is 5.92 Å². The first-order valence-electron chi connectivity index (χ1n) is 5.40. The lowest BCUT2D eigenvalue weighted by molar-refractivity contribution is -0.384. The molecular formula is C10H15ClN4O2. The third kappa shape index (κ3) is 3.52. The van der Waals surface area contributed by atoms with E-state index in [9.17, 15) is 10.1 Å². The topological polar surface area (TPSA) is 81.0 Å². The van der Waals surface area contributed by atoms with Crippen molar-refractivity contribution >= 4 is 23.1 Å². The molecule has 7 heteroatoms. The Balaban J connectivity index is 3.13. The van der Waals surface area contributed by atoms with Gasteiger partial charge in [0.2, 0.25) is 11.0 Å². The van der Waals surface area contributed by atoms with E-state index in [0.717, 1.165) is 0 Å². The van der Waals surface area contributed by atoms with E-state index in [-0.39, 0.29) is 16.7 Å². The van der Waals surface area contributed by atoms with Crippen LogP contribution in [0.2, 0.25) is 5.15 Å². The van der Waals surface area contributed by atoms with Crippen LogP contribution < -0.4 is 5.32 Å². The molecule has 0 fully saturated rings. The zero-order valence-corrected chi connectivity index (χ0v) is 10.8. The highest BCUT2D eigenvalue weighted by Gasteiger charge is 2.23. The van der Waals surface area contributed by atoms with Crippen molar-refractivity contribution in [2.24, 2.45) is 5.92 Å². The summed E-state index contributed by atoms with van der Waals surface area (Å²) in [7, 11) is 0. The van der Waals surface area contributed by atoms with Gasteiger partial charge in [0, 0.05) is 13.0 Å². The van der Waals surface area contributed by atoms with Crippen molar-refractivity contribution in [1.29, 1.82) is 0 Å². The van der Waals surface area contributed by atoms with Gasteiger partial charge in [0.05, 0.1) is 4.92 Å². The second kappa shape index (κ2) is 5.77.